The van der Waals surface area contributed by atoms with Crippen LogP contribution in [0.3, 0.4) is 0 Å². The number of hydrogen-bond acceptors (Lipinski definition) is 3. The van der Waals surface area contributed by atoms with Gasteiger partial charge in [-0.05, 0) is 54.6 Å². The quantitative estimate of drug-likeness (QED) is 0.672. The number of alkyl halides is 3. The zero-order valence-corrected chi connectivity index (χ0v) is 12.5. The molecule has 8 heteroatoms. The van der Waals surface area contributed by atoms with Crippen LogP contribution in [0.25, 0.3) is 16.9 Å². The summed E-state index contributed by atoms with van der Waals surface area (Å²) < 4.78 is 54.4. The number of rotatable bonds is 3. The first-order chi connectivity index (χ1) is 11.8. The van der Waals surface area contributed by atoms with E-state index in [1.54, 1.807) is 0 Å². The Balaban J connectivity index is 1.95. The molecule has 1 aromatic heterocycles. The summed E-state index contributed by atoms with van der Waals surface area (Å²) >= 11 is 0. The molecule has 4 nitrogen and oxygen atoms in total. The average Bonchev–Trinajstić information content (AvgIpc) is 2.56. The fourth-order valence-electron chi connectivity index (χ4n) is 2.16. The van der Waals surface area contributed by atoms with Crippen molar-refractivity contribution in [3.05, 3.63) is 76.8 Å². The Hall–Kier alpha value is -3.16. The molecule has 3 aromatic rings. The second-order valence-electron chi connectivity index (χ2n) is 5.02. The van der Waals surface area contributed by atoms with Crippen LogP contribution in [0.5, 0.6) is 5.75 Å². The predicted octanol–water partition coefficient (Wildman–Crippen LogP) is 3.94. The highest BCUT2D eigenvalue weighted by Gasteiger charge is 2.31. The van der Waals surface area contributed by atoms with Crippen molar-refractivity contribution in [2.45, 2.75) is 6.36 Å². The van der Waals surface area contributed by atoms with E-state index in [2.05, 4.69) is 9.84 Å². The summed E-state index contributed by atoms with van der Waals surface area (Å²) in [5.41, 5.74) is 0.807. The van der Waals surface area contributed by atoms with Crippen LogP contribution in [0.15, 0.2) is 65.5 Å². The van der Waals surface area contributed by atoms with Gasteiger partial charge in [-0.15, -0.1) is 13.2 Å². The summed E-state index contributed by atoms with van der Waals surface area (Å²) in [4.78, 5) is 12.0. The van der Waals surface area contributed by atoms with Crippen molar-refractivity contribution in [2.75, 3.05) is 0 Å². The number of aromatic nitrogens is 2. The fourth-order valence-corrected chi connectivity index (χ4v) is 2.16. The summed E-state index contributed by atoms with van der Waals surface area (Å²) in [7, 11) is 0. The third-order valence-corrected chi connectivity index (χ3v) is 3.26. The number of halogens is 4. The molecule has 0 atom stereocenters. The SMILES string of the molecule is O=c1ccc(-c2ccc(F)cc2)nn1-c1ccc(OC(F)(F)F)cc1. The molecule has 128 valence electrons. The van der Waals surface area contributed by atoms with Crippen LogP contribution in [0, 0.1) is 5.82 Å². The highest BCUT2D eigenvalue weighted by atomic mass is 19.4. The molecule has 0 amide bonds. The number of benzene rings is 2. The lowest BCUT2D eigenvalue weighted by atomic mass is 10.1. The molecule has 0 aliphatic carbocycles. The molecule has 0 saturated carbocycles. The summed E-state index contributed by atoms with van der Waals surface area (Å²) in [6.45, 7) is 0. The summed E-state index contributed by atoms with van der Waals surface area (Å²) in [6.07, 6.45) is -4.79. The Labute approximate surface area is 138 Å². The first-order valence-corrected chi connectivity index (χ1v) is 7.04. The van der Waals surface area contributed by atoms with Gasteiger partial charge in [0, 0.05) is 11.6 Å². The molecule has 1 heterocycles. The smallest absolute Gasteiger partial charge is 0.406 e. The molecular formula is C17H10F4N2O2. The molecule has 0 radical (unpaired) electrons. The largest absolute Gasteiger partial charge is 0.573 e. The van der Waals surface area contributed by atoms with E-state index in [9.17, 15) is 22.4 Å². The maximum atomic E-state index is 13.0. The van der Waals surface area contributed by atoms with Gasteiger partial charge in [0.25, 0.3) is 5.56 Å². The minimum Gasteiger partial charge on any atom is -0.406 e. The zero-order valence-electron chi connectivity index (χ0n) is 12.5. The van der Waals surface area contributed by atoms with Gasteiger partial charge in [0.15, 0.2) is 0 Å². The van der Waals surface area contributed by atoms with Crippen LogP contribution in [-0.2, 0) is 0 Å². The van der Waals surface area contributed by atoms with Crippen LogP contribution < -0.4 is 10.3 Å². The summed E-state index contributed by atoms with van der Waals surface area (Å²) in [5.74, 6) is -0.809. The standard InChI is InChI=1S/C17H10F4N2O2/c18-12-3-1-11(2-4-12)15-9-10-16(24)23(22-15)13-5-7-14(8-6-13)25-17(19,20)21/h1-10H. The van der Waals surface area contributed by atoms with E-state index >= 15 is 0 Å². The van der Waals surface area contributed by atoms with Crippen LogP contribution in [-0.4, -0.2) is 16.1 Å². The third-order valence-electron chi connectivity index (χ3n) is 3.26. The van der Waals surface area contributed by atoms with Gasteiger partial charge in [-0.2, -0.15) is 9.78 Å². The highest BCUT2D eigenvalue weighted by molar-refractivity contribution is 5.58. The number of hydrogen-bond donors (Lipinski definition) is 0. The van der Waals surface area contributed by atoms with Crippen molar-refractivity contribution >= 4 is 0 Å². The van der Waals surface area contributed by atoms with Gasteiger partial charge in [0.2, 0.25) is 0 Å². The third kappa shape index (κ3) is 4.03. The molecule has 25 heavy (non-hydrogen) atoms. The van der Waals surface area contributed by atoms with Crippen molar-refractivity contribution in [1.29, 1.82) is 0 Å². The second kappa shape index (κ2) is 6.39. The Bertz CT molecular complexity index is 933. The van der Waals surface area contributed by atoms with Gasteiger partial charge < -0.3 is 4.74 Å². The average molecular weight is 350 g/mol. The fraction of sp³-hybridized carbons (Fsp3) is 0.0588. The van der Waals surface area contributed by atoms with E-state index in [1.807, 2.05) is 0 Å². The van der Waals surface area contributed by atoms with Crippen molar-refractivity contribution < 1.29 is 22.3 Å². The van der Waals surface area contributed by atoms with Crippen LogP contribution >= 0.6 is 0 Å². The van der Waals surface area contributed by atoms with E-state index in [-0.39, 0.29) is 5.69 Å². The van der Waals surface area contributed by atoms with Crippen LogP contribution in [0.1, 0.15) is 0 Å². The second-order valence-corrected chi connectivity index (χ2v) is 5.02. The molecule has 0 bridgehead atoms. The lowest BCUT2D eigenvalue weighted by Crippen LogP contribution is -2.20. The van der Waals surface area contributed by atoms with Gasteiger partial charge >= 0.3 is 6.36 Å². The first-order valence-electron chi connectivity index (χ1n) is 7.04. The molecular weight excluding hydrogens is 340 g/mol. The normalized spacial score (nSPS) is 11.4. The molecule has 0 N–H and O–H groups in total. The van der Waals surface area contributed by atoms with E-state index in [1.165, 1.54) is 48.5 Å². The Kier molecular flexibility index (Phi) is 4.26. The van der Waals surface area contributed by atoms with E-state index in [0.717, 1.165) is 16.8 Å². The Morgan fingerprint density at radius 2 is 1.52 bits per heavy atom. The molecule has 3 rings (SSSR count). The molecule has 0 spiro atoms. The molecule has 0 aliphatic rings. The van der Waals surface area contributed by atoms with Gasteiger partial charge in [0.05, 0.1) is 11.4 Å². The minimum absolute atomic E-state index is 0.267. The van der Waals surface area contributed by atoms with Crippen molar-refractivity contribution in [1.82, 2.24) is 9.78 Å². The molecule has 0 aliphatic heterocycles. The Morgan fingerprint density at radius 1 is 0.880 bits per heavy atom. The Morgan fingerprint density at radius 3 is 2.12 bits per heavy atom. The highest BCUT2D eigenvalue weighted by Crippen LogP contribution is 2.23. The molecule has 0 fully saturated rings. The lowest BCUT2D eigenvalue weighted by molar-refractivity contribution is -0.274. The monoisotopic (exact) mass is 350 g/mol. The van der Waals surface area contributed by atoms with Crippen molar-refractivity contribution in [3.8, 4) is 22.7 Å². The lowest BCUT2D eigenvalue weighted by Gasteiger charge is -2.10. The van der Waals surface area contributed by atoms with E-state index in [4.69, 9.17) is 0 Å². The maximum absolute atomic E-state index is 13.0. The molecule has 2 aromatic carbocycles. The summed E-state index contributed by atoms with van der Waals surface area (Å²) in [6, 6.07) is 13.0. The zero-order chi connectivity index (χ0) is 18.0. The van der Waals surface area contributed by atoms with E-state index < -0.39 is 23.5 Å². The van der Waals surface area contributed by atoms with Crippen LogP contribution in [0.4, 0.5) is 17.6 Å². The van der Waals surface area contributed by atoms with Crippen LogP contribution in [0.2, 0.25) is 0 Å². The minimum atomic E-state index is -4.79. The summed E-state index contributed by atoms with van der Waals surface area (Å²) in [5, 5.41) is 4.17. The van der Waals surface area contributed by atoms with Gasteiger partial charge in [-0.25, -0.2) is 4.39 Å². The van der Waals surface area contributed by atoms with Gasteiger partial charge in [0.1, 0.15) is 11.6 Å². The van der Waals surface area contributed by atoms with Crippen molar-refractivity contribution in [3.63, 3.8) is 0 Å². The molecule has 0 saturated heterocycles. The topological polar surface area (TPSA) is 44.1 Å². The predicted molar refractivity (Wildman–Crippen MR) is 81.9 cm³/mol. The van der Waals surface area contributed by atoms with Crippen molar-refractivity contribution in [2.24, 2.45) is 0 Å². The van der Waals surface area contributed by atoms with E-state index in [0.29, 0.717) is 11.3 Å². The molecule has 0 unspecified atom stereocenters. The first kappa shape index (κ1) is 16.7. The number of nitrogens with zero attached hydrogens (tertiary/aromatic N) is 2. The number of ether oxygens (including phenoxy) is 1. The van der Waals surface area contributed by atoms with Gasteiger partial charge in [-0.3, -0.25) is 4.79 Å². The van der Waals surface area contributed by atoms with Gasteiger partial charge in [-0.1, -0.05) is 0 Å². The maximum Gasteiger partial charge on any atom is 0.573 e.